The van der Waals surface area contributed by atoms with Crippen LogP contribution >= 0.6 is 0 Å². The van der Waals surface area contributed by atoms with Gasteiger partial charge >= 0.3 is 23.1 Å². The van der Waals surface area contributed by atoms with Crippen molar-refractivity contribution >= 4 is 23.1 Å². The molecule has 0 unspecified atom stereocenters. The predicted molar refractivity (Wildman–Crippen MR) is 76.2 cm³/mol. The van der Waals surface area contributed by atoms with E-state index >= 15 is 0 Å². The zero-order valence-corrected chi connectivity index (χ0v) is 14.2. The third-order valence-corrected chi connectivity index (χ3v) is 2.49. The van der Waals surface area contributed by atoms with Crippen LogP contribution in [0.25, 0.3) is 0 Å². The molecule has 0 fully saturated rings. The van der Waals surface area contributed by atoms with Crippen molar-refractivity contribution in [3.63, 3.8) is 0 Å². The third-order valence-electron chi connectivity index (χ3n) is 2.49. The van der Waals surface area contributed by atoms with E-state index in [1.165, 1.54) is 0 Å². The van der Waals surface area contributed by atoms with E-state index < -0.39 is 0 Å². The Hall–Kier alpha value is 0.606. The van der Waals surface area contributed by atoms with Crippen molar-refractivity contribution in [2.75, 3.05) is 40.6 Å². The van der Waals surface area contributed by atoms with Gasteiger partial charge in [-0.3, -0.25) is 0 Å². The Balaban J connectivity index is -0.000000256. The summed E-state index contributed by atoms with van der Waals surface area (Å²) in [5.74, 6) is 0. The zero-order valence-electron chi connectivity index (χ0n) is 12.8. The first kappa shape index (κ1) is 24.6. The Morgan fingerprint density at radius 1 is 0.579 bits per heavy atom. The first-order valence-electron chi connectivity index (χ1n) is 6.97. The minimum Gasteiger partial charge on any atom is -0.854 e. The standard InChI is InChI=1S/2C7H15O2.Mg/c2*1-9-7-5-3-2-4-6-8;/h2*2-7H2,1H3;/q2*-1;+2. The Kier molecular flexibility index (Phi) is 35.0. The number of hydrogen-bond acceptors (Lipinski definition) is 4. The smallest absolute Gasteiger partial charge is 0.854 e. The molecule has 0 aliphatic heterocycles. The number of methoxy groups -OCH3 is 2. The minimum atomic E-state index is 0. The van der Waals surface area contributed by atoms with Crippen molar-refractivity contribution in [2.24, 2.45) is 0 Å². The molecule has 0 rings (SSSR count). The van der Waals surface area contributed by atoms with Crippen LogP contribution in [0.5, 0.6) is 0 Å². The summed E-state index contributed by atoms with van der Waals surface area (Å²) in [6.07, 6.45) is 8.23. The molecule has 0 atom stereocenters. The third kappa shape index (κ3) is 32.3. The van der Waals surface area contributed by atoms with Gasteiger partial charge in [-0.2, -0.15) is 0 Å². The summed E-state index contributed by atoms with van der Waals surface area (Å²) in [5.41, 5.74) is 0. The van der Waals surface area contributed by atoms with Gasteiger partial charge in [0, 0.05) is 27.4 Å². The second-order valence-electron chi connectivity index (χ2n) is 4.22. The molecule has 0 N–H and O–H groups in total. The second kappa shape index (κ2) is 27.0. The maximum absolute atomic E-state index is 9.93. The van der Waals surface area contributed by atoms with Crippen LogP contribution in [0.15, 0.2) is 0 Å². The fourth-order valence-electron chi connectivity index (χ4n) is 1.40. The van der Waals surface area contributed by atoms with Crippen LogP contribution in [0.4, 0.5) is 0 Å². The molecule has 0 radical (unpaired) electrons. The van der Waals surface area contributed by atoms with Gasteiger partial charge in [0.1, 0.15) is 0 Å². The summed E-state index contributed by atoms with van der Waals surface area (Å²) in [4.78, 5) is 0. The van der Waals surface area contributed by atoms with Crippen molar-refractivity contribution < 1.29 is 19.7 Å². The molecule has 0 aromatic heterocycles. The Morgan fingerprint density at radius 3 is 1.16 bits per heavy atom. The summed E-state index contributed by atoms with van der Waals surface area (Å²) >= 11 is 0. The van der Waals surface area contributed by atoms with E-state index in [1.807, 2.05) is 0 Å². The Labute approximate surface area is 135 Å². The molecule has 0 aliphatic carbocycles. The maximum Gasteiger partial charge on any atom is 2.00 e. The van der Waals surface area contributed by atoms with E-state index in [0.717, 1.165) is 64.6 Å². The van der Waals surface area contributed by atoms with Gasteiger partial charge < -0.3 is 19.7 Å². The van der Waals surface area contributed by atoms with Gasteiger partial charge in [-0.1, -0.05) is 38.5 Å². The average molecular weight is 287 g/mol. The molecule has 0 aromatic rings. The minimum absolute atomic E-state index is 0. The van der Waals surface area contributed by atoms with Crippen LogP contribution in [0.3, 0.4) is 0 Å². The van der Waals surface area contributed by atoms with Gasteiger partial charge in [0.2, 0.25) is 0 Å². The van der Waals surface area contributed by atoms with Crippen molar-refractivity contribution in [2.45, 2.75) is 51.4 Å². The molecule has 0 spiro atoms. The number of unbranched alkanes of at least 4 members (excludes halogenated alkanes) is 6. The van der Waals surface area contributed by atoms with Crippen molar-refractivity contribution in [3.8, 4) is 0 Å². The van der Waals surface area contributed by atoms with Crippen LogP contribution in [0.2, 0.25) is 0 Å². The molecule has 5 heteroatoms. The van der Waals surface area contributed by atoms with E-state index in [0.29, 0.717) is 0 Å². The normalized spacial score (nSPS) is 9.47. The first-order valence-corrected chi connectivity index (χ1v) is 6.97. The molecule has 0 aromatic carbocycles. The summed E-state index contributed by atoms with van der Waals surface area (Å²) in [7, 11) is 3.40. The molecule has 0 saturated heterocycles. The Morgan fingerprint density at radius 2 is 0.895 bits per heavy atom. The molecule has 0 heterocycles. The van der Waals surface area contributed by atoms with Crippen molar-refractivity contribution in [1.82, 2.24) is 0 Å². The van der Waals surface area contributed by atoms with Crippen LogP contribution in [0, 0.1) is 0 Å². The second-order valence-corrected chi connectivity index (χ2v) is 4.22. The van der Waals surface area contributed by atoms with E-state index in [1.54, 1.807) is 14.2 Å². The molecular weight excluding hydrogens is 256 g/mol. The molecule has 19 heavy (non-hydrogen) atoms. The zero-order chi connectivity index (χ0) is 13.9. The summed E-state index contributed by atoms with van der Waals surface area (Å²) in [5, 5.41) is 19.9. The van der Waals surface area contributed by atoms with Gasteiger partial charge in [-0.25, -0.2) is 0 Å². The first-order chi connectivity index (χ1) is 8.83. The monoisotopic (exact) mass is 286 g/mol. The summed E-state index contributed by atoms with van der Waals surface area (Å²) in [6, 6.07) is 0. The van der Waals surface area contributed by atoms with Crippen molar-refractivity contribution in [1.29, 1.82) is 0 Å². The molecular formula is C14H30MgO4. The van der Waals surface area contributed by atoms with E-state index in [4.69, 9.17) is 9.47 Å². The van der Waals surface area contributed by atoms with Crippen LogP contribution in [-0.4, -0.2) is 63.7 Å². The summed E-state index contributed by atoms with van der Waals surface area (Å²) < 4.78 is 9.69. The SMILES string of the molecule is COCCCCCC[O-].COCCCCCC[O-].[Mg+2]. The quantitative estimate of drug-likeness (QED) is 0.392. The van der Waals surface area contributed by atoms with Crippen LogP contribution < -0.4 is 10.2 Å². The average Bonchev–Trinajstić information content (AvgIpc) is 2.39. The predicted octanol–water partition coefficient (Wildman–Crippen LogP) is 0.726. The molecule has 0 amide bonds. The topological polar surface area (TPSA) is 64.6 Å². The van der Waals surface area contributed by atoms with Gasteiger partial charge in [-0.05, 0) is 12.8 Å². The van der Waals surface area contributed by atoms with Crippen LogP contribution in [-0.2, 0) is 9.47 Å². The Bertz CT molecular complexity index is 100. The molecule has 0 bridgehead atoms. The number of ether oxygens (including phenoxy) is 2. The van der Waals surface area contributed by atoms with Gasteiger partial charge in [0.25, 0.3) is 0 Å². The van der Waals surface area contributed by atoms with E-state index in [2.05, 4.69) is 0 Å². The van der Waals surface area contributed by atoms with Gasteiger partial charge in [0.15, 0.2) is 0 Å². The fourth-order valence-corrected chi connectivity index (χ4v) is 1.40. The number of hydrogen-bond donors (Lipinski definition) is 0. The van der Waals surface area contributed by atoms with Crippen LogP contribution in [0.1, 0.15) is 51.4 Å². The molecule has 4 nitrogen and oxygen atoms in total. The van der Waals surface area contributed by atoms with Crippen molar-refractivity contribution in [3.05, 3.63) is 0 Å². The molecule has 112 valence electrons. The molecule has 0 aliphatic rings. The fraction of sp³-hybridized carbons (Fsp3) is 1.00. The maximum atomic E-state index is 9.93. The largest absolute Gasteiger partial charge is 2.00 e. The summed E-state index contributed by atoms with van der Waals surface area (Å²) in [6.45, 7) is 1.82. The van der Waals surface area contributed by atoms with Gasteiger partial charge in [-0.15, -0.1) is 13.2 Å². The van der Waals surface area contributed by atoms with E-state index in [9.17, 15) is 10.2 Å². The number of rotatable bonds is 12. The molecule has 0 saturated carbocycles. The van der Waals surface area contributed by atoms with E-state index in [-0.39, 0.29) is 36.3 Å². The van der Waals surface area contributed by atoms with Gasteiger partial charge in [0.05, 0.1) is 0 Å².